The largest absolute Gasteiger partial charge is 0.397 e. The molecular weight excluding hydrogens is 202 g/mol. The van der Waals surface area contributed by atoms with Crippen molar-refractivity contribution in [2.45, 2.75) is 19.3 Å². The summed E-state index contributed by atoms with van der Waals surface area (Å²) in [6, 6.07) is 6.88. The molecule has 0 radical (unpaired) electrons. The van der Waals surface area contributed by atoms with Gasteiger partial charge in [0.25, 0.3) is 0 Å². The van der Waals surface area contributed by atoms with Crippen LogP contribution in [0.1, 0.15) is 24.8 Å². The van der Waals surface area contributed by atoms with Gasteiger partial charge in [0.2, 0.25) is 5.91 Å². The smallest absolute Gasteiger partial charge is 0.227 e. The molecule has 0 aromatic heterocycles. The summed E-state index contributed by atoms with van der Waals surface area (Å²) in [6.45, 7) is 0. The number of benzene rings is 1. The molecule has 1 aromatic carbocycles. The van der Waals surface area contributed by atoms with Crippen LogP contribution in [0.2, 0.25) is 0 Å². The van der Waals surface area contributed by atoms with E-state index >= 15 is 0 Å². The number of anilines is 2. The highest BCUT2D eigenvalue weighted by atomic mass is 16.1. The molecule has 0 heterocycles. The summed E-state index contributed by atoms with van der Waals surface area (Å²) in [4.78, 5) is 11.7. The van der Waals surface area contributed by atoms with Gasteiger partial charge in [-0.1, -0.05) is 6.42 Å². The summed E-state index contributed by atoms with van der Waals surface area (Å²) < 4.78 is 0. The Labute approximate surface area is 94.1 Å². The Morgan fingerprint density at radius 1 is 1.50 bits per heavy atom. The van der Waals surface area contributed by atoms with E-state index in [1.165, 1.54) is 0 Å². The first kappa shape index (κ1) is 10.5. The number of hydrogen-bond acceptors (Lipinski definition) is 3. The van der Waals surface area contributed by atoms with Crippen molar-refractivity contribution in [3.8, 4) is 6.07 Å². The topological polar surface area (TPSA) is 78.9 Å². The van der Waals surface area contributed by atoms with Gasteiger partial charge in [-0.15, -0.1) is 0 Å². The zero-order chi connectivity index (χ0) is 11.5. The Bertz CT molecular complexity index is 458. The van der Waals surface area contributed by atoms with Crippen LogP contribution in [0.5, 0.6) is 0 Å². The maximum atomic E-state index is 11.7. The Balaban J connectivity index is 2.09. The minimum atomic E-state index is 0.0302. The van der Waals surface area contributed by atoms with Crippen molar-refractivity contribution < 1.29 is 4.79 Å². The third-order valence-corrected chi connectivity index (χ3v) is 2.91. The highest BCUT2D eigenvalue weighted by Gasteiger charge is 2.25. The zero-order valence-corrected chi connectivity index (χ0v) is 8.86. The molecular formula is C12H13N3O. The standard InChI is InChI=1S/C12H13N3O/c13-7-8-4-5-11(10(14)6-8)15-12(16)9-2-1-3-9/h4-6,9H,1-3,14H2,(H,15,16). The van der Waals surface area contributed by atoms with E-state index in [1.807, 2.05) is 6.07 Å². The van der Waals surface area contributed by atoms with Gasteiger partial charge in [-0.05, 0) is 31.0 Å². The highest BCUT2D eigenvalue weighted by molar-refractivity contribution is 5.95. The van der Waals surface area contributed by atoms with E-state index in [-0.39, 0.29) is 11.8 Å². The van der Waals surface area contributed by atoms with Gasteiger partial charge in [-0.3, -0.25) is 4.79 Å². The lowest BCUT2D eigenvalue weighted by molar-refractivity contribution is -0.122. The number of nitrogen functional groups attached to an aromatic ring is 1. The first-order valence-corrected chi connectivity index (χ1v) is 5.31. The average Bonchev–Trinajstić information content (AvgIpc) is 2.18. The predicted octanol–water partition coefficient (Wildman–Crippen LogP) is 1.88. The lowest BCUT2D eigenvalue weighted by Gasteiger charge is -2.24. The summed E-state index contributed by atoms with van der Waals surface area (Å²) in [6.07, 6.45) is 3.05. The number of nitrogens with zero attached hydrogens (tertiary/aromatic N) is 1. The van der Waals surface area contributed by atoms with Crippen LogP contribution in [-0.4, -0.2) is 5.91 Å². The number of nitrogens with two attached hydrogens (primary N) is 1. The molecule has 0 bridgehead atoms. The lowest BCUT2D eigenvalue weighted by Crippen LogP contribution is -2.28. The fourth-order valence-corrected chi connectivity index (χ4v) is 1.65. The van der Waals surface area contributed by atoms with Gasteiger partial charge in [0, 0.05) is 5.92 Å². The second kappa shape index (κ2) is 4.23. The fraction of sp³-hybridized carbons (Fsp3) is 0.333. The predicted molar refractivity (Wildman–Crippen MR) is 61.5 cm³/mol. The zero-order valence-electron chi connectivity index (χ0n) is 8.86. The molecule has 4 heteroatoms. The molecule has 1 aliphatic rings. The number of carbonyl (C=O) groups excluding carboxylic acids is 1. The van der Waals surface area contributed by atoms with Crippen molar-refractivity contribution in [3.63, 3.8) is 0 Å². The molecule has 3 N–H and O–H groups in total. The average molecular weight is 215 g/mol. The van der Waals surface area contributed by atoms with Crippen molar-refractivity contribution in [2.24, 2.45) is 5.92 Å². The van der Waals surface area contributed by atoms with Gasteiger partial charge in [-0.25, -0.2) is 0 Å². The van der Waals surface area contributed by atoms with E-state index in [1.54, 1.807) is 18.2 Å². The van der Waals surface area contributed by atoms with E-state index in [2.05, 4.69) is 5.32 Å². The van der Waals surface area contributed by atoms with E-state index in [9.17, 15) is 4.79 Å². The Kier molecular flexibility index (Phi) is 2.78. The SMILES string of the molecule is N#Cc1ccc(NC(=O)C2CCC2)c(N)c1. The quantitative estimate of drug-likeness (QED) is 0.739. The van der Waals surface area contributed by atoms with Crippen molar-refractivity contribution in [1.29, 1.82) is 5.26 Å². The van der Waals surface area contributed by atoms with Crippen LogP contribution in [0.15, 0.2) is 18.2 Å². The fourth-order valence-electron chi connectivity index (χ4n) is 1.65. The molecule has 1 amide bonds. The summed E-state index contributed by atoms with van der Waals surface area (Å²) in [5, 5.41) is 11.5. The van der Waals surface area contributed by atoms with Crippen molar-refractivity contribution in [3.05, 3.63) is 23.8 Å². The number of rotatable bonds is 2. The minimum Gasteiger partial charge on any atom is -0.397 e. The van der Waals surface area contributed by atoms with Gasteiger partial charge >= 0.3 is 0 Å². The van der Waals surface area contributed by atoms with Crippen LogP contribution in [0.25, 0.3) is 0 Å². The first-order chi connectivity index (χ1) is 7.70. The van der Waals surface area contributed by atoms with E-state index in [0.29, 0.717) is 16.9 Å². The number of hydrogen-bond donors (Lipinski definition) is 2. The monoisotopic (exact) mass is 215 g/mol. The van der Waals surface area contributed by atoms with Crippen LogP contribution in [-0.2, 0) is 4.79 Å². The van der Waals surface area contributed by atoms with Crippen LogP contribution >= 0.6 is 0 Å². The molecule has 1 saturated carbocycles. The molecule has 2 rings (SSSR count). The highest BCUT2D eigenvalue weighted by Crippen LogP contribution is 2.28. The van der Waals surface area contributed by atoms with Crippen LogP contribution < -0.4 is 11.1 Å². The van der Waals surface area contributed by atoms with E-state index < -0.39 is 0 Å². The summed E-state index contributed by atoms with van der Waals surface area (Å²) in [7, 11) is 0. The molecule has 0 saturated heterocycles. The van der Waals surface area contributed by atoms with Gasteiger partial charge in [-0.2, -0.15) is 5.26 Å². The Morgan fingerprint density at radius 2 is 2.25 bits per heavy atom. The summed E-state index contributed by atoms with van der Waals surface area (Å²) in [5.41, 5.74) is 7.27. The Hall–Kier alpha value is -2.02. The summed E-state index contributed by atoms with van der Waals surface area (Å²) >= 11 is 0. The van der Waals surface area contributed by atoms with Gasteiger partial charge < -0.3 is 11.1 Å². The molecule has 0 spiro atoms. The van der Waals surface area contributed by atoms with Crippen molar-refractivity contribution >= 4 is 17.3 Å². The lowest BCUT2D eigenvalue weighted by atomic mass is 9.85. The van der Waals surface area contributed by atoms with Gasteiger partial charge in [0.15, 0.2) is 0 Å². The number of nitrogens with one attached hydrogen (secondary N) is 1. The van der Waals surface area contributed by atoms with Gasteiger partial charge in [0.1, 0.15) is 0 Å². The second-order valence-electron chi connectivity index (χ2n) is 4.03. The Morgan fingerprint density at radius 3 is 2.75 bits per heavy atom. The normalized spacial score (nSPS) is 14.9. The summed E-state index contributed by atoms with van der Waals surface area (Å²) in [5.74, 6) is 0.165. The van der Waals surface area contributed by atoms with Crippen LogP contribution in [0, 0.1) is 17.2 Å². The van der Waals surface area contributed by atoms with Crippen LogP contribution in [0.3, 0.4) is 0 Å². The second-order valence-corrected chi connectivity index (χ2v) is 4.03. The number of nitriles is 1. The van der Waals surface area contributed by atoms with Crippen molar-refractivity contribution in [1.82, 2.24) is 0 Å². The third-order valence-electron chi connectivity index (χ3n) is 2.91. The minimum absolute atomic E-state index is 0.0302. The molecule has 0 aliphatic heterocycles. The van der Waals surface area contributed by atoms with Crippen LogP contribution in [0.4, 0.5) is 11.4 Å². The van der Waals surface area contributed by atoms with E-state index in [4.69, 9.17) is 11.0 Å². The molecule has 82 valence electrons. The molecule has 1 aromatic rings. The van der Waals surface area contributed by atoms with E-state index in [0.717, 1.165) is 19.3 Å². The van der Waals surface area contributed by atoms with Gasteiger partial charge in [0.05, 0.1) is 23.0 Å². The molecule has 0 atom stereocenters. The molecule has 1 fully saturated rings. The maximum Gasteiger partial charge on any atom is 0.227 e. The van der Waals surface area contributed by atoms with Crippen molar-refractivity contribution in [2.75, 3.05) is 11.1 Å². The number of carbonyl (C=O) groups is 1. The maximum absolute atomic E-state index is 11.7. The first-order valence-electron chi connectivity index (χ1n) is 5.31. The third kappa shape index (κ3) is 1.98. The molecule has 1 aliphatic carbocycles. The molecule has 16 heavy (non-hydrogen) atoms. The molecule has 4 nitrogen and oxygen atoms in total. The number of amides is 1. The molecule has 0 unspecified atom stereocenters.